The molecule has 0 N–H and O–H groups in total. The smallest absolute Gasteiger partial charge is 0.192 e. The summed E-state index contributed by atoms with van der Waals surface area (Å²) in [5, 5.41) is 0. The van der Waals surface area contributed by atoms with Crippen LogP contribution in [0.5, 0.6) is 0 Å². The molecular formula is C23H28OS. The summed E-state index contributed by atoms with van der Waals surface area (Å²) in [4.78, 5) is 14.2. The van der Waals surface area contributed by atoms with Crippen LogP contribution in [-0.4, -0.2) is 5.78 Å². The minimum Gasteiger partial charge on any atom is -0.289 e. The maximum atomic E-state index is 12.6. The summed E-state index contributed by atoms with van der Waals surface area (Å²) in [5.74, 6) is 0.0443. The van der Waals surface area contributed by atoms with Gasteiger partial charge in [-0.25, -0.2) is 0 Å². The lowest BCUT2D eigenvalue weighted by Crippen LogP contribution is -2.04. The fourth-order valence-electron chi connectivity index (χ4n) is 1.99. The van der Waals surface area contributed by atoms with Crippen molar-refractivity contribution in [3.8, 4) is 0 Å². The van der Waals surface area contributed by atoms with Crippen LogP contribution >= 0.6 is 11.8 Å². The van der Waals surface area contributed by atoms with Crippen LogP contribution in [0.1, 0.15) is 41.0 Å². The second kappa shape index (κ2) is 9.46. The highest BCUT2D eigenvalue weighted by atomic mass is 32.2. The molecule has 1 nitrogen and oxygen atoms in total. The summed E-state index contributed by atoms with van der Waals surface area (Å²) in [7, 11) is 0. The Morgan fingerprint density at radius 1 is 1.32 bits per heavy atom. The largest absolute Gasteiger partial charge is 0.289 e. The minimum atomic E-state index is 0.0443. The zero-order valence-corrected chi connectivity index (χ0v) is 16.8. The molecule has 0 unspecified atom stereocenters. The van der Waals surface area contributed by atoms with Crippen molar-refractivity contribution in [2.45, 2.75) is 41.0 Å². The molecule has 0 aromatic carbocycles. The van der Waals surface area contributed by atoms with Gasteiger partial charge >= 0.3 is 0 Å². The molecule has 0 atom stereocenters. The first-order valence-electron chi connectivity index (χ1n) is 8.37. The molecule has 1 rings (SSSR count). The van der Waals surface area contributed by atoms with E-state index in [-0.39, 0.29) is 11.2 Å². The van der Waals surface area contributed by atoms with E-state index in [0.29, 0.717) is 0 Å². The Bertz CT molecular complexity index is 739. The summed E-state index contributed by atoms with van der Waals surface area (Å²) in [6.45, 7) is 18.1. The van der Waals surface area contributed by atoms with Gasteiger partial charge in [-0.1, -0.05) is 81.6 Å². The number of hydrogen-bond acceptors (Lipinski definition) is 2. The van der Waals surface area contributed by atoms with Crippen molar-refractivity contribution < 1.29 is 4.79 Å². The van der Waals surface area contributed by atoms with E-state index in [0.717, 1.165) is 33.0 Å². The standard InChI is InChI=1S/C23H28OS/c1-8-19(12-9-11-17(2)3)21-15-14-18(4)22(25-21)20(24)13-10-16-23(5,6)7/h8-14H,1-2,16H2,3-7H3/b11-9-,13-10+,19-12+. The van der Waals surface area contributed by atoms with Crippen molar-refractivity contribution in [1.82, 2.24) is 0 Å². The summed E-state index contributed by atoms with van der Waals surface area (Å²) < 4.78 is 0. The molecule has 0 radical (unpaired) electrons. The predicted molar refractivity (Wildman–Crippen MR) is 112 cm³/mol. The maximum absolute atomic E-state index is 12.6. The van der Waals surface area contributed by atoms with E-state index < -0.39 is 0 Å². The summed E-state index contributed by atoms with van der Waals surface area (Å²) >= 11 is 1.45. The second-order valence-corrected chi connectivity index (χ2v) is 8.32. The molecule has 0 aromatic heterocycles. The molecule has 1 aliphatic heterocycles. The van der Waals surface area contributed by atoms with E-state index in [9.17, 15) is 4.79 Å². The molecule has 2 heteroatoms. The van der Waals surface area contributed by atoms with Gasteiger partial charge in [0.1, 0.15) is 0 Å². The van der Waals surface area contributed by atoms with Crippen molar-refractivity contribution in [2.75, 3.05) is 0 Å². The molecule has 0 bridgehead atoms. The second-order valence-electron chi connectivity index (χ2n) is 7.30. The third-order valence-electron chi connectivity index (χ3n) is 3.34. The van der Waals surface area contributed by atoms with Gasteiger partial charge in [-0.05, 0) is 49.0 Å². The van der Waals surface area contributed by atoms with E-state index in [1.165, 1.54) is 11.8 Å². The van der Waals surface area contributed by atoms with Gasteiger partial charge in [0.25, 0.3) is 0 Å². The van der Waals surface area contributed by atoms with Crippen LogP contribution < -0.4 is 0 Å². The molecule has 0 saturated carbocycles. The lowest BCUT2D eigenvalue weighted by molar-refractivity contribution is -0.110. The molecule has 0 aromatic rings. The molecule has 0 aliphatic carbocycles. The first-order chi connectivity index (χ1) is 11.6. The predicted octanol–water partition coefficient (Wildman–Crippen LogP) is 6.85. The Kier molecular flexibility index (Phi) is 7.96. The first kappa shape index (κ1) is 21.0. The zero-order chi connectivity index (χ0) is 19.0. The van der Waals surface area contributed by atoms with Gasteiger partial charge in [-0.3, -0.25) is 4.79 Å². The Hall–Kier alpha value is -2.02. The maximum Gasteiger partial charge on any atom is 0.192 e. The normalized spacial score (nSPS) is 15.9. The molecule has 132 valence electrons. The van der Waals surface area contributed by atoms with Crippen LogP contribution in [0.2, 0.25) is 0 Å². The van der Waals surface area contributed by atoms with Gasteiger partial charge in [0, 0.05) is 0 Å². The van der Waals surface area contributed by atoms with Gasteiger partial charge in [-0.2, -0.15) is 0 Å². The number of allylic oxidation sites excluding steroid dienone is 10. The zero-order valence-electron chi connectivity index (χ0n) is 16.0. The Morgan fingerprint density at radius 2 is 2.00 bits per heavy atom. The van der Waals surface area contributed by atoms with Crippen LogP contribution in [0.25, 0.3) is 0 Å². The Morgan fingerprint density at radius 3 is 2.56 bits per heavy atom. The number of carbonyl (C=O) groups excluding carboxylic acids is 1. The minimum absolute atomic E-state index is 0.0443. The van der Waals surface area contributed by atoms with E-state index in [1.54, 1.807) is 12.2 Å². The highest BCUT2D eigenvalue weighted by Gasteiger charge is 2.17. The van der Waals surface area contributed by atoms with Crippen LogP contribution in [0.15, 0.2) is 88.0 Å². The van der Waals surface area contributed by atoms with Gasteiger partial charge in [0.2, 0.25) is 0 Å². The van der Waals surface area contributed by atoms with Crippen molar-refractivity contribution in [3.63, 3.8) is 0 Å². The lowest BCUT2D eigenvalue weighted by Gasteiger charge is -2.15. The number of hydrogen-bond donors (Lipinski definition) is 0. The Labute approximate surface area is 157 Å². The summed E-state index contributed by atoms with van der Waals surface area (Å²) in [6, 6.07) is 0. The SMILES string of the molecule is C=C/C(=C\C=C/C(=C)C)C1=C=CC(C)=C(C(=O)/C=C/CC(C)(C)C)S1. The van der Waals surface area contributed by atoms with Gasteiger partial charge < -0.3 is 0 Å². The van der Waals surface area contributed by atoms with E-state index in [4.69, 9.17) is 0 Å². The molecule has 1 aliphatic rings. The highest BCUT2D eigenvalue weighted by Crippen LogP contribution is 2.36. The van der Waals surface area contributed by atoms with Crippen molar-refractivity contribution in [1.29, 1.82) is 0 Å². The third kappa shape index (κ3) is 7.60. The molecule has 25 heavy (non-hydrogen) atoms. The average molecular weight is 353 g/mol. The molecule has 0 spiro atoms. The van der Waals surface area contributed by atoms with E-state index in [2.05, 4.69) is 39.7 Å². The topological polar surface area (TPSA) is 17.1 Å². The monoisotopic (exact) mass is 352 g/mol. The summed E-state index contributed by atoms with van der Waals surface area (Å²) in [5.41, 5.74) is 6.29. The molecule has 0 saturated heterocycles. The fraction of sp³-hybridized carbons (Fsp3) is 0.304. The van der Waals surface area contributed by atoms with Crippen LogP contribution in [0.3, 0.4) is 0 Å². The van der Waals surface area contributed by atoms with Gasteiger partial charge in [0.05, 0.1) is 9.81 Å². The molecule has 0 fully saturated rings. The number of rotatable bonds is 7. The molecule has 1 heterocycles. The van der Waals surface area contributed by atoms with E-state index in [1.807, 2.05) is 44.2 Å². The quantitative estimate of drug-likeness (QED) is 0.283. The molecular weight excluding hydrogens is 324 g/mol. The van der Waals surface area contributed by atoms with Crippen LogP contribution in [0.4, 0.5) is 0 Å². The third-order valence-corrected chi connectivity index (χ3v) is 4.63. The average Bonchev–Trinajstić information content (AvgIpc) is 2.50. The fourth-order valence-corrected chi connectivity index (χ4v) is 2.97. The number of thioether (sulfide) groups is 1. The van der Waals surface area contributed by atoms with Gasteiger partial charge in [-0.15, -0.1) is 5.73 Å². The number of carbonyl (C=O) groups is 1. The van der Waals surface area contributed by atoms with Gasteiger partial charge in [0.15, 0.2) is 5.78 Å². The van der Waals surface area contributed by atoms with E-state index >= 15 is 0 Å². The van der Waals surface area contributed by atoms with Crippen LogP contribution in [-0.2, 0) is 4.79 Å². The highest BCUT2D eigenvalue weighted by molar-refractivity contribution is 8.07. The Balaban J connectivity index is 2.96. The number of ketones is 1. The van der Waals surface area contributed by atoms with Crippen LogP contribution in [0, 0.1) is 5.41 Å². The lowest BCUT2D eigenvalue weighted by atomic mass is 9.92. The molecule has 0 amide bonds. The first-order valence-corrected chi connectivity index (χ1v) is 9.18. The van der Waals surface area contributed by atoms with Crippen molar-refractivity contribution >= 4 is 17.5 Å². The van der Waals surface area contributed by atoms with Crippen molar-refractivity contribution in [3.05, 3.63) is 88.0 Å². The summed E-state index contributed by atoms with van der Waals surface area (Å²) in [6.07, 6.45) is 14.0. The van der Waals surface area contributed by atoms with Crippen molar-refractivity contribution in [2.24, 2.45) is 5.41 Å².